The van der Waals surface area contributed by atoms with Crippen molar-refractivity contribution in [1.82, 2.24) is 4.90 Å². The predicted molar refractivity (Wildman–Crippen MR) is 54.3 cm³/mol. The van der Waals surface area contributed by atoms with Gasteiger partial charge in [0.05, 0.1) is 5.33 Å². The van der Waals surface area contributed by atoms with Crippen molar-refractivity contribution in [1.29, 1.82) is 0 Å². The van der Waals surface area contributed by atoms with E-state index in [2.05, 4.69) is 15.9 Å². The van der Waals surface area contributed by atoms with E-state index in [1.807, 2.05) is 20.8 Å². The third-order valence-electron chi connectivity index (χ3n) is 1.58. The zero-order valence-corrected chi connectivity index (χ0v) is 9.52. The van der Waals surface area contributed by atoms with Gasteiger partial charge >= 0.3 is 0 Å². The Morgan fingerprint density at radius 3 is 2.25 bits per heavy atom. The molecule has 0 radical (unpaired) electrons. The quantitative estimate of drug-likeness (QED) is 0.743. The van der Waals surface area contributed by atoms with Crippen molar-refractivity contribution in [3.8, 4) is 0 Å². The molecule has 72 valence electrons. The van der Waals surface area contributed by atoms with Crippen molar-refractivity contribution in [2.24, 2.45) is 5.73 Å². The van der Waals surface area contributed by atoms with Gasteiger partial charge < -0.3 is 10.6 Å². The fourth-order valence-corrected chi connectivity index (χ4v) is 1.34. The maximum absolute atomic E-state index is 11.4. The molecular weight excluding hydrogens is 220 g/mol. The third-order valence-corrected chi connectivity index (χ3v) is 2.06. The van der Waals surface area contributed by atoms with E-state index < -0.39 is 0 Å². The van der Waals surface area contributed by atoms with Gasteiger partial charge in [0.1, 0.15) is 0 Å². The molecular formula is C8H17BrN2O. The highest BCUT2D eigenvalue weighted by Crippen LogP contribution is 2.13. The van der Waals surface area contributed by atoms with Gasteiger partial charge in [0.25, 0.3) is 0 Å². The Morgan fingerprint density at radius 2 is 2.00 bits per heavy atom. The molecule has 0 heterocycles. The van der Waals surface area contributed by atoms with Crippen molar-refractivity contribution >= 4 is 21.8 Å². The topological polar surface area (TPSA) is 46.3 Å². The zero-order chi connectivity index (χ0) is 9.78. The number of hydrogen-bond donors (Lipinski definition) is 1. The molecule has 0 aromatic carbocycles. The molecule has 0 fully saturated rings. The molecule has 0 aromatic rings. The number of halogens is 1. The maximum Gasteiger partial charge on any atom is 0.233 e. The minimum atomic E-state index is -0.135. The molecule has 0 saturated carbocycles. The molecule has 4 heteroatoms. The van der Waals surface area contributed by atoms with Gasteiger partial charge in [-0.2, -0.15) is 0 Å². The number of nitrogens with two attached hydrogens (primary N) is 1. The van der Waals surface area contributed by atoms with Crippen LogP contribution in [-0.4, -0.2) is 34.8 Å². The van der Waals surface area contributed by atoms with Gasteiger partial charge in [-0.1, -0.05) is 15.9 Å². The first-order valence-electron chi connectivity index (χ1n) is 4.00. The van der Waals surface area contributed by atoms with Crippen molar-refractivity contribution in [2.45, 2.75) is 26.3 Å². The first-order chi connectivity index (χ1) is 5.43. The van der Waals surface area contributed by atoms with Crippen LogP contribution in [0.25, 0.3) is 0 Å². The van der Waals surface area contributed by atoms with E-state index >= 15 is 0 Å². The number of hydrogen-bond acceptors (Lipinski definition) is 2. The van der Waals surface area contributed by atoms with E-state index in [0.29, 0.717) is 18.4 Å². The standard InChI is InChI=1S/C8H17BrN2O/c1-8(2,3)11(5-4-10)7(12)6-9/h4-6,10H2,1-3H3. The lowest BCUT2D eigenvalue weighted by atomic mass is 10.1. The monoisotopic (exact) mass is 236 g/mol. The minimum absolute atomic E-state index is 0.0907. The van der Waals surface area contributed by atoms with E-state index in [0.717, 1.165) is 0 Å². The first-order valence-corrected chi connectivity index (χ1v) is 5.12. The predicted octanol–water partition coefficient (Wildman–Crippen LogP) is 0.967. The lowest BCUT2D eigenvalue weighted by Crippen LogP contribution is -2.48. The summed E-state index contributed by atoms with van der Waals surface area (Å²) >= 11 is 3.15. The molecule has 0 unspecified atom stereocenters. The second-order valence-corrected chi connectivity index (χ2v) is 4.20. The van der Waals surface area contributed by atoms with E-state index in [-0.39, 0.29) is 11.4 Å². The van der Waals surface area contributed by atoms with Crippen LogP contribution in [-0.2, 0) is 4.79 Å². The molecule has 3 nitrogen and oxygen atoms in total. The van der Waals surface area contributed by atoms with Gasteiger partial charge in [-0.15, -0.1) is 0 Å². The molecule has 0 aromatic heterocycles. The van der Waals surface area contributed by atoms with E-state index in [1.54, 1.807) is 4.90 Å². The van der Waals surface area contributed by atoms with E-state index in [9.17, 15) is 4.79 Å². The Bertz CT molecular complexity index is 154. The summed E-state index contributed by atoms with van der Waals surface area (Å²) in [5.74, 6) is 0.0907. The fourth-order valence-electron chi connectivity index (χ4n) is 1.04. The number of rotatable bonds is 3. The molecule has 2 N–H and O–H groups in total. The Kier molecular flexibility index (Phi) is 4.78. The summed E-state index contributed by atoms with van der Waals surface area (Å²) in [4.78, 5) is 13.2. The van der Waals surface area contributed by atoms with Crippen LogP contribution in [0.15, 0.2) is 0 Å². The number of alkyl halides is 1. The third kappa shape index (κ3) is 3.54. The minimum Gasteiger partial charge on any atom is -0.336 e. The van der Waals surface area contributed by atoms with Crippen molar-refractivity contribution in [2.75, 3.05) is 18.4 Å². The lowest BCUT2D eigenvalue weighted by Gasteiger charge is -2.35. The molecule has 0 rings (SSSR count). The van der Waals surface area contributed by atoms with Crippen LogP contribution >= 0.6 is 15.9 Å². The summed E-state index contributed by atoms with van der Waals surface area (Å²) in [5, 5.41) is 0.365. The van der Waals surface area contributed by atoms with Crippen LogP contribution < -0.4 is 5.73 Å². The fraction of sp³-hybridized carbons (Fsp3) is 0.875. The van der Waals surface area contributed by atoms with Gasteiger partial charge in [-0.3, -0.25) is 4.79 Å². The Morgan fingerprint density at radius 1 is 1.50 bits per heavy atom. The highest BCUT2D eigenvalue weighted by Gasteiger charge is 2.24. The summed E-state index contributed by atoms with van der Waals surface area (Å²) in [5.41, 5.74) is 5.27. The average Bonchev–Trinajstić information content (AvgIpc) is 1.96. The van der Waals surface area contributed by atoms with Crippen LogP contribution in [0.4, 0.5) is 0 Å². The Balaban J connectivity index is 4.33. The number of carbonyl (C=O) groups is 1. The normalized spacial score (nSPS) is 11.4. The number of amides is 1. The number of nitrogens with zero attached hydrogens (tertiary/aromatic N) is 1. The Labute approximate surface area is 82.4 Å². The molecule has 0 spiro atoms. The molecule has 0 aliphatic heterocycles. The zero-order valence-electron chi connectivity index (χ0n) is 7.93. The second kappa shape index (κ2) is 4.82. The van der Waals surface area contributed by atoms with Crippen molar-refractivity contribution < 1.29 is 4.79 Å². The molecule has 12 heavy (non-hydrogen) atoms. The number of carbonyl (C=O) groups excluding carboxylic acids is 1. The van der Waals surface area contributed by atoms with Crippen LogP contribution in [0.1, 0.15) is 20.8 Å². The summed E-state index contributed by atoms with van der Waals surface area (Å²) in [7, 11) is 0. The van der Waals surface area contributed by atoms with Crippen LogP contribution in [0, 0.1) is 0 Å². The second-order valence-electron chi connectivity index (χ2n) is 3.64. The van der Waals surface area contributed by atoms with Gasteiger partial charge in [0.2, 0.25) is 5.91 Å². The SMILES string of the molecule is CC(C)(C)N(CCN)C(=O)CBr. The molecule has 0 aliphatic carbocycles. The van der Waals surface area contributed by atoms with Gasteiger partial charge in [0, 0.05) is 18.6 Å². The van der Waals surface area contributed by atoms with Gasteiger partial charge in [-0.25, -0.2) is 0 Å². The largest absolute Gasteiger partial charge is 0.336 e. The van der Waals surface area contributed by atoms with Gasteiger partial charge in [0.15, 0.2) is 0 Å². The molecule has 0 atom stereocenters. The van der Waals surface area contributed by atoms with Gasteiger partial charge in [-0.05, 0) is 20.8 Å². The van der Waals surface area contributed by atoms with Crippen LogP contribution in [0.3, 0.4) is 0 Å². The van der Waals surface area contributed by atoms with E-state index in [1.165, 1.54) is 0 Å². The summed E-state index contributed by atoms with van der Waals surface area (Å²) in [6.45, 7) is 7.14. The van der Waals surface area contributed by atoms with E-state index in [4.69, 9.17) is 5.73 Å². The summed E-state index contributed by atoms with van der Waals surface area (Å²) < 4.78 is 0. The van der Waals surface area contributed by atoms with Crippen LogP contribution in [0.5, 0.6) is 0 Å². The maximum atomic E-state index is 11.4. The summed E-state index contributed by atoms with van der Waals surface area (Å²) in [6.07, 6.45) is 0. The van der Waals surface area contributed by atoms with Crippen LogP contribution in [0.2, 0.25) is 0 Å². The Hall–Kier alpha value is -0.0900. The highest BCUT2D eigenvalue weighted by atomic mass is 79.9. The van der Waals surface area contributed by atoms with Crippen molar-refractivity contribution in [3.63, 3.8) is 0 Å². The molecule has 1 amide bonds. The summed E-state index contributed by atoms with van der Waals surface area (Å²) in [6, 6.07) is 0. The molecule has 0 bridgehead atoms. The van der Waals surface area contributed by atoms with Crippen molar-refractivity contribution in [3.05, 3.63) is 0 Å². The molecule has 0 saturated heterocycles. The smallest absolute Gasteiger partial charge is 0.233 e. The lowest BCUT2D eigenvalue weighted by molar-refractivity contribution is -0.132. The highest BCUT2D eigenvalue weighted by molar-refractivity contribution is 9.09. The first kappa shape index (κ1) is 11.9. The molecule has 0 aliphatic rings. The average molecular weight is 237 g/mol.